The number of hydrogen-bond donors (Lipinski definition) is 0. The number of carbonyl (C=O) groups excluding carboxylic acids is 2. The van der Waals surface area contributed by atoms with Crippen molar-refractivity contribution in [3.05, 3.63) is 107 Å². The van der Waals surface area contributed by atoms with E-state index in [-0.39, 0.29) is 23.4 Å². The molecule has 2 aliphatic rings. The van der Waals surface area contributed by atoms with Gasteiger partial charge in [0.25, 0.3) is 0 Å². The van der Waals surface area contributed by atoms with Gasteiger partial charge in [-0.3, -0.25) is 9.59 Å². The zero-order chi connectivity index (χ0) is 24.1. The van der Waals surface area contributed by atoms with Gasteiger partial charge in [0, 0.05) is 23.0 Å². The summed E-state index contributed by atoms with van der Waals surface area (Å²) in [6.07, 6.45) is 0.543. The minimum atomic E-state index is -0.295. The van der Waals surface area contributed by atoms with Crippen LogP contribution in [0.1, 0.15) is 50.1 Å². The van der Waals surface area contributed by atoms with Gasteiger partial charge in [0.15, 0.2) is 11.6 Å². The quantitative estimate of drug-likeness (QED) is 0.341. The van der Waals surface area contributed by atoms with Crippen molar-refractivity contribution in [3.8, 4) is 33.8 Å². The fourth-order valence-electron chi connectivity index (χ4n) is 5.43. The normalized spacial score (nSPS) is 18.0. The first kappa shape index (κ1) is 21.4. The fraction of sp³-hybridized carbons (Fsp3) is 0.161. The molecule has 172 valence electrons. The second kappa shape index (κ2) is 8.24. The van der Waals surface area contributed by atoms with E-state index in [4.69, 9.17) is 9.47 Å². The van der Waals surface area contributed by atoms with Crippen molar-refractivity contribution in [2.24, 2.45) is 0 Å². The van der Waals surface area contributed by atoms with E-state index in [9.17, 15) is 9.59 Å². The fourth-order valence-corrected chi connectivity index (χ4v) is 5.43. The average Bonchev–Trinajstić information content (AvgIpc) is 2.92. The molecule has 4 heteroatoms. The topological polar surface area (TPSA) is 52.6 Å². The molecule has 2 atom stereocenters. The van der Waals surface area contributed by atoms with Crippen LogP contribution in [0.15, 0.2) is 84.9 Å². The van der Waals surface area contributed by atoms with E-state index < -0.39 is 0 Å². The Morgan fingerprint density at radius 1 is 0.543 bits per heavy atom. The van der Waals surface area contributed by atoms with Crippen LogP contribution in [0.2, 0.25) is 0 Å². The molecule has 0 fully saturated rings. The highest BCUT2D eigenvalue weighted by Crippen LogP contribution is 2.48. The van der Waals surface area contributed by atoms with Crippen molar-refractivity contribution in [2.75, 3.05) is 14.2 Å². The Labute approximate surface area is 204 Å². The van der Waals surface area contributed by atoms with Gasteiger partial charge in [-0.25, -0.2) is 0 Å². The Morgan fingerprint density at radius 2 is 0.914 bits per heavy atom. The zero-order valence-electron chi connectivity index (χ0n) is 19.6. The minimum Gasteiger partial charge on any atom is -0.497 e. The van der Waals surface area contributed by atoms with Gasteiger partial charge in [-0.15, -0.1) is 0 Å². The summed E-state index contributed by atoms with van der Waals surface area (Å²) in [5, 5.41) is 0. The van der Waals surface area contributed by atoms with Gasteiger partial charge in [-0.05, 0) is 76.2 Å². The van der Waals surface area contributed by atoms with Gasteiger partial charge in [0.2, 0.25) is 0 Å². The number of carbonyl (C=O) groups is 2. The molecule has 0 spiro atoms. The van der Waals surface area contributed by atoms with Gasteiger partial charge in [-0.1, -0.05) is 48.5 Å². The summed E-state index contributed by atoms with van der Waals surface area (Å²) < 4.78 is 10.5. The number of fused-ring (bicyclic) bond motifs is 6. The Kier molecular flexibility index (Phi) is 5.03. The van der Waals surface area contributed by atoms with Crippen molar-refractivity contribution in [3.63, 3.8) is 0 Å². The van der Waals surface area contributed by atoms with Crippen molar-refractivity contribution in [1.29, 1.82) is 0 Å². The highest BCUT2D eigenvalue weighted by Gasteiger charge is 2.44. The summed E-state index contributed by atoms with van der Waals surface area (Å²) >= 11 is 0. The van der Waals surface area contributed by atoms with Crippen molar-refractivity contribution in [2.45, 2.75) is 18.3 Å². The molecule has 4 aromatic rings. The SMILES string of the molecule is COc1ccc(-c2ccc3c(c2)C(=O)[C@H]2C[C@@H]3C(=O)c3cc(-c4ccc(OC)cc4)ccc32)cc1. The molecule has 0 saturated heterocycles. The maximum Gasteiger partial charge on any atom is 0.170 e. The third kappa shape index (κ3) is 3.45. The van der Waals surface area contributed by atoms with Crippen LogP contribution in [0.5, 0.6) is 11.5 Å². The maximum absolute atomic E-state index is 13.7. The predicted octanol–water partition coefficient (Wildman–Crippen LogP) is 6.69. The van der Waals surface area contributed by atoms with Crippen LogP contribution in [-0.2, 0) is 0 Å². The Bertz CT molecular complexity index is 1350. The first-order chi connectivity index (χ1) is 17.1. The standard InChI is InChI=1S/C31H24O4/c1-34-22-9-3-18(4-10-22)20-7-13-24-26(15-20)30(32)29-17-28(24)31(33)27-16-21(8-14-25(27)29)19-5-11-23(35-2)12-6-19/h3-16,28-29H,17H2,1-2H3/t28-,29-/m0/s1. The van der Waals surface area contributed by atoms with Gasteiger partial charge >= 0.3 is 0 Å². The third-order valence-electron chi connectivity index (χ3n) is 7.34. The summed E-state index contributed by atoms with van der Waals surface area (Å²) in [5.41, 5.74) is 6.95. The lowest BCUT2D eigenvalue weighted by molar-refractivity contribution is 0.0875. The van der Waals surface area contributed by atoms with Crippen LogP contribution < -0.4 is 9.47 Å². The lowest BCUT2D eigenvalue weighted by Crippen LogP contribution is -2.34. The highest BCUT2D eigenvalue weighted by atomic mass is 16.5. The number of benzene rings is 4. The highest BCUT2D eigenvalue weighted by molar-refractivity contribution is 6.14. The number of ketones is 2. The molecule has 4 aromatic carbocycles. The molecule has 0 aromatic heterocycles. The van der Waals surface area contributed by atoms with Gasteiger partial charge in [-0.2, -0.15) is 0 Å². The third-order valence-corrected chi connectivity index (χ3v) is 7.34. The van der Waals surface area contributed by atoms with E-state index in [2.05, 4.69) is 0 Å². The maximum atomic E-state index is 13.7. The molecule has 2 aliphatic carbocycles. The molecule has 0 N–H and O–H groups in total. The second-order valence-corrected chi connectivity index (χ2v) is 9.13. The molecule has 0 heterocycles. The second-order valence-electron chi connectivity index (χ2n) is 9.13. The van der Waals surface area contributed by atoms with E-state index in [1.54, 1.807) is 14.2 Å². The van der Waals surface area contributed by atoms with Gasteiger partial charge in [0.05, 0.1) is 14.2 Å². The lowest BCUT2D eigenvalue weighted by atomic mass is 9.65. The number of methoxy groups -OCH3 is 2. The van der Waals surface area contributed by atoms with Gasteiger partial charge < -0.3 is 9.47 Å². The van der Waals surface area contributed by atoms with Crippen LogP contribution in [0.25, 0.3) is 22.3 Å². The van der Waals surface area contributed by atoms with Crippen LogP contribution in [0, 0.1) is 0 Å². The number of rotatable bonds is 4. The molecule has 0 saturated carbocycles. The molecular formula is C31H24O4. The van der Waals surface area contributed by atoms with Gasteiger partial charge in [0.1, 0.15) is 11.5 Å². The zero-order valence-corrected chi connectivity index (χ0v) is 19.6. The van der Waals surface area contributed by atoms with Crippen molar-refractivity contribution >= 4 is 11.6 Å². The smallest absolute Gasteiger partial charge is 0.170 e. The first-order valence-corrected chi connectivity index (χ1v) is 11.7. The Balaban J connectivity index is 1.39. The number of hydrogen-bond acceptors (Lipinski definition) is 4. The van der Waals surface area contributed by atoms with Crippen LogP contribution >= 0.6 is 0 Å². The summed E-state index contributed by atoms with van der Waals surface area (Å²) in [4.78, 5) is 27.3. The number of Topliss-reactive ketones (excluding diaryl/α,β-unsaturated/α-hetero) is 2. The minimum absolute atomic E-state index is 0.0950. The van der Waals surface area contributed by atoms with Crippen LogP contribution in [-0.4, -0.2) is 25.8 Å². The summed E-state index contributed by atoms with van der Waals surface area (Å²) in [6.45, 7) is 0. The summed E-state index contributed by atoms with van der Waals surface area (Å²) in [6, 6.07) is 27.4. The molecule has 2 bridgehead atoms. The van der Waals surface area contributed by atoms with Crippen LogP contribution in [0.4, 0.5) is 0 Å². The Hall–Kier alpha value is -4.18. The molecule has 4 nitrogen and oxygen atoms in total. The molecule has 6 rings (SSSR count). The number of ether oxygens (including phenoxy) is 2. The predicted molar refractivity (Wildman–Crippen MR) is 136 cm³/mol. The summed E-state index contributed by atoms with van der Waals surface area (Å²) in [7, 11) is 3.28. The van der Waals surface area contributed by atoms with Crippen molar-refractivity contribution < 1.29 is 19.1 Å². The molecular weight excluding hydrogens is 436 g/mol. The lowest BCUT2D eigenvalue weighted by Gasteiger charge is -2.36. The first-order valence-electron chi connectivity index (χ1n) is 11.7. The average molecular weight is 461 g/mol. The molecule has 35 heavy (non-hydrogen) atoms. The molecule has 0 amide bonds. The van der Waals surface area contributed by atoms with E-state index in [0.29, 0.717) is 17.5 Å². The van der Waals surface area contributed by atoms with E-state index in [0.717, 1.165) is 44.9 Å². The van der Waals surface area contributed by atoms with Crippen LogP contribution in [0.3, 0.4) is 0 Å². The van der Waals surface area contributed by atoms with Crippen molar-refractivity contribution in [1.82, 2.24) is 0 Å². The molecule has 0 aliphatic heterocycles. The van der Waals surface area contributed by atoms with E-state index >= 15 is 0 Å². The van der Waals surface area contributed by atoms with E-state index in [1.807, 2.05) is 84.9 Å². The largest absolute Gasteiger partial charge is 0.497 e. The molecule has 0 radical (unpaired) electrons. The molecule has 0 unspecified atom stereocenters. The monoisotopic (exact) mass is 460 g/mol. The van der Waals surface area contributed by atoms with E-state index in [1.165, 1.54) is 0 Å². The Morgan fingerprint density at radius 3 is 1.29 bits per heavy atom. The summed E-state index contributed by atoms with van der Waals surface area (Å²) in [5.74, 6) is 1.17.